The Kier molecular flexibility index (Phi) is 6.03. The zero-order valence-corrected chi connectivity index (χ0v) is 17.2. The van der Waals surface area contributed by atoms with E-state index in [0.717, 1.165) is 0 Å². The van der Waals surface area contributed by atoms with Gasteiger partial charge in [-0.25, -0.2) is 4.39 Å². The summed E-state index contributed by atoms with van der Waals surface area (Å²) >= 11 is 0. The molecule has 30 heavy (non-hydrogen) atoms. The highest BCUT2D eigenvalue weighted by molar-refractivity contribution is 6.15. The monoisotopic (exact) mass is 404 g/mol. The van der Waals surface area contributed by atoms with E-state index in [1.807, 2.05) is 6.07 Å². The average Bonchev–Trinajstić information content (AvgIpc) is 3.05. The van der Waals surface area contributed by atoms with E-state index in [9.17, 15) is 14.4 Å². The van der Waals surface area contributed by atoms with Crippen molar-refractivity contribution in [2.24, 2.45) is 0 Å². The van der Waals surface area contributed by atoms with Gasteiger partial charge in [0.05, 0.1) is 19.9 Å². The first kappa shape index (κ1) is 20.9. The van der Waals surface area contributed by atoms with E-state index in [1.54, 1.807) is 60.9 Å². The molecule has 0 saturated heterocycles. The van der Waals surface area contributed by atoms with Crippen LogP contribution in [-0.2, 0) is 0 Å². The summed E-state index contributed by atoms with van der Waals surface area (Å²) in [5, 5.41) is 9.66. The van der Waals surface area contributed by atoms with Gasteiger partial charge in [0, 0.05) is 22.5 Å². The van der Waals surface area contributed by atoms with Crippen LogP contribution in [0.1, 0.15) is 27.3 Å². The number of nitriles is 1. The van der Waals surface area contributed by atoms with Gasteiger partial charge in [0.25, 0.3) is 0 Å². The molecule has 3 rings (SSSR count). The molecule has 0 radical (unpaired) electrons. The second kappa shape index (κ2) is 8.66. The van der Waals surface area contributed by atoms with E-state index in [4.69, 9.17) is 9.47 Å². The maximum absolute atomic E-state index is 14.3. The van der Waals surface area contributed by atoms with Crippen LogP contribution in [0.5, 0.6) is 11.5 Å². The van der Waals surface area contributed by atoms with Gasteiger partial charge in [0.1, 0.15) is 17.5 Å². The van der Waals surface area contributed by atoms with Crippen LogP contribution < -0.4 is 9.47 Å². The van der Waals surface area contributed by atoms with Gasteiger partial charge < -0.3 is 14.0 Å². The zero-order chi connectivity index (χ0) is 21.8. The first-order chi connectivity index (χ1) is 14.4. The maximum Gasteiger partial charge on any atom is 0.205 e. The number of ether oxygens (including phenoxy) is 2. The molecule has 152 valence electrons. The number of carbonyl (C=O) groups is 1. The third-order valence-corrected chi connectivity index (χ3v) is 4.87. The second-order valence-electron chi connectivity index (χ2n) is 6.65. The molecule has 1 heterocycles. The average molecular weight is 404 g/mol. The molecule has 2 aromatic carbocycles. The predicted molar refractivity (Wildman–Crippen MR) is 113 cm³/mol. The number of aryl methyl sites for hydroxylation is 1. The smallest absolute Gasteiger partial charge is 0.205 e. The molecule has 0 saturated carbocycles. The van der Waals surface area contributed by atoms with Crippen LogP contribution in [-0.4, -0.2) is 24.6 Å². The standard InChI is InChI=1S/C24H21FN2O3/c1-15-12-19(16(2)27(15)21-10-6-5-9-20(21)25)23(28)18(14-26)13-17-8-7-11-22(29-3)24(17)30-4/h5-13H,1-4H3. The molecule has 0 bridgehead atoms. The van der Waals surface area contributed by atoms with Crippen molar-refractivity contribution in [3.63, 3.8) is 0 Å². The Labute approximate surface area is 174 Å². The van der Waals surface area contributed by atoms with Crippen LogP contribution >= 0.6 is 0 Å². The minimum Gasteiger partial charge on any atom is -0.493 e. The Hall–Kier alpha value is -3.85. The Bertz CT molecular complexity index is 1190. The van der Waals surface area contributed by atoms with Crippen LogP contribution in [0.15, 0.2) is 54.1 Å². The Morgan fingerprint density at radius 1 is 1.10 bits per heavy atom. The number of nitrogens with zero attached hydrogens (tertiary/aromatic N) is 2. The minimum absolute atomic E-state index is 0.0599. The lowest BCUT2D eigenvalue weighted by Gasteiger charge is -2.11. The molecule has 0 aliphatic rings. The molecule has 0 aliphatic carbocycles. The topological polar surface area (TPSA) is 64.2 Å². The molecule has 3 aromatic rings. The third-order valence-electron chi connectivity index (χ3n) is 4.87. The van der Waals surface area contributed by atoms with Crippen LogP contribution in [0.25, 0.3) is 11.8 Å². The van der Waals surface area contributed by atoms with Crippen molar-refractivity contribution in [3.8, 4) is 23.3 Å². The molecule has 0 amide bonds. The Balaban J connectivity index is 2.09. The number of Topliss-reactive ketones (excluding diaryl/α,β-unsaturated/α-hetero) is 1. The fourth-order valence-corrected chi connectivity index (χ4v) is 3.47. The largest absolute Gasteiger partial charge is 0.493 e. The summed E-state index contributed by atoms with van der Waals surface area (Å²) in [4.78, 5) is 13.2. The van der Waals surface area contributed by atoms with Crippen molar-refractivity contribution in [1.82, 2.24) is 4.57 Å². The number of carbonyl (C=O) groups excluding carboxylic acids is 1. The quantitative estimate of drug-likeness (QED) is 0.328. The number of allylic oxidation sites excluding steroid dienone is 1. The van der Waals surface area contributed by atoms with Gasteiger partial charge >= 0.3 is 0 Å². The van der Waals surface area contributed by atoms with Crippen molar-refractivity contribution >= 4 is 11.9 Å². The summed E-state index contributed by atoms with van der Waals surface area (Å²) in [6.07, 6.45) is 1.47. The number of rotatable bonds is 6. The van der Waals surface area contributed by atoms with Gasteiger partial charge in [-0.1, -0.05) is 24.3 Å². The number of hydrogen-bond donors (Lipinski definition) is 0. The lowest BCUT2D eigenvalue weighted by atomic mass is 10.0. The highest BCUT2D eigenvalue weighted by atomic mass is 19.1. The van der Waals surface area contributed by atoms with E-state index >= 15 is 0 Å². The number of halogens is 1. The van der Waals surface area contributed by atoms with E-state index < -0.39 is 11.6 Å². The number of aromatic nitrogens is 1. The molecule has 0 spiro atoms. The lowest BCUT2D eigenvalue weighted by molar-refractivity contribution is 0.103. The zero-order valence-electron chi connectivity index (χ0n) is 17.2. The lowest BCUT2D eigenvalue weighted by Crippen LogP contribution is -2.06. The number of methoxy groups -OCH3 is 2. The van der Waals surface area contributed by atoms with Crippen molar-refractivity contribution in [3.05, 3.63) is 82.4 Å². The van der Waals surface area contributed by atoms with Gasteiger partial charge in [0.2, 0.25) is 5.78 Å². The molecular formula is C24H21FN2O3. The van der Waals surface area contributed by atoms with Crippen molar-refractivity contribution in [1.29, 1.82) is 5.26 Å². The summed E-state index contributed by atoms with van der Waals surface area (Å²) in [5.41, 5.74) is 2.42. The minimum atomic E-state index is -0.446. The molecule has 0 aliphatic heterocycles. The van der Waals surface area contributed by atoms with Gasteiger partial charge in [-0.05, 0) is 44.2 Å². The molecule has 5 nitrogen and oxygen atoms in total. The fourth-order valence-electron chi connectivity index (χ4n) is 3.47. The normalized spacial score (nSPS) is 11.1. The third kappa shape index (κ3) is 3.70. The van der Waals surface area contributed by atoms with Gasteiger partial charge in [-0.15, -0.1) is 0 Å². The number of para-hydroxylation sites is 2. The van der Waals surface area contributed by atoms with E-state index in [-0.39, 0.29) is 5.57 Å². The Morgan fingerprint density at radius 3 is 2.47 bits per heavy atom. The molecule has 0 fully saturated rings. The van der Waals surface area contributed by atoms with Crippen LogP contribution in [0.4, 0.5) is 4.39 Å². The van der Waals surface area contributed by atoms with Crippen LogP contribution in [0.3, 0.4) is 0 Å². The van der Waals surface area contributed by atoms with Gasteiger partial charge in [-0.3, -0.25) is 4.79 Å². The Morgan fingerprint density at radius 2 is 1.83 bits per heavy atom. The molecule has 1 aromatic heterocycles. The predicted octanol–water partition coefficient (Wildman–Crippen LogP) is 5.04. The van der Waals surface area contributed by atoms with Crippen LogP contribution in [0, 0.1) is 31.0 Å². The van der Waals surface area contributed by atoms with Crippen molar-refractivity contribution in [2.75, 3.05) is 14.2 Å². The van der Waals surface area contributed by atoms with E-state index in [0.29, 0.717) is 39.7 Å². The highest BCUT2D eigenvalue weighted by Crippen LogP contribution is 2.33. The summed E-state index contributed by atoms with van der Waals surface area (Å²) in [5.74, 6) is 0.0830. The number of benzene rings is 2. The fraction of sp³-hybridized carbons (Fsp3) is 0.167. The maximum atomic E-state index is 14.3. The van der Waals surface area contributed by atoms with E-state index in [2.05, 4.69) is 0 Å². The van der Waals surface area contributed by atoms with Crippen molar-refractivity contribution in [2.45, 2.75) is 13.8 Å². The molecule has 0 atom stereocenters. The van der Waals surface area contributed by atoms with E-state index in [1.165, 1.54) is 26.4 Å². The first-order valence-electron chi connectivity index (χ1n) is 9.24. The molecule has 0 unspecified atom stereocenters. The summed E-state index contributed by atoms with van der Waals surface area (Å²) in [7, 11) is 3.00. The second-order valence-corrected chi connectivity index (χ2v) is 6.65. The number of hydrogen-bond acceptors (Lipinski definition) is 4. The molecule has 6 heteroatoms. The van der Waals surface area contributed by atoms with Gasteiger partial charge in [0.15, 0.2) is 11.5 Å². The summed E-state index contributed by atoms with van der Waals surface area (Å²) in [6, 6.07) is 15.2. The number of ketones is 1. The van der Waals surface area contributed by atoms with Gasteiger partial charge in [-0.2, -0.15) is 5.26 Å². The SMILES string of the molecule is COc1cccc(C=C(C#N)C(=O)c2cc(C)n(-c3ccccc3F)c2C)c1OC. The van der Waals surface area contributed by atoms with Crippen molar-refractivity contribution < 1.29 is 18.7 Å². The molecular weight excluding hydrogens is 383 g/mol. The summed E-state index contributed by atoms with van der Waals surface area (Å²) in [6.45, 7) is 3.52. The molecule has 0 N–H and O–H groups in total. The van der Waals surface area contributed by atoms with Crippen LogP contribution in [0.2, 0.25) is 0 Å². The highest BCUT2D eigenvalue weighted by Gasteiger charge is 2.22. The first-order valence-corrected chi connectivity index (χ1v) is 9.24. The summed E-state index contributed by atoms with van der Waals surface area (Å²) < 4.78 is 26.6.